The summed E-state index contributed by atoms with van der Waals surface area (Å²) in [4.78, 5) is 2.34. The quantitative estimate of drug-likeness (QED) is 0.743. The molecule has 0 bridgehead atoms. The summed E-state index contributed by atoms with van der Waals surface area (Å²) in [6.07, 6.45) is 0.931. The topological polar surface area (TPSA) is 35.5 Å². The van der Waals surface area contributed by atoms with Crippen LogP contribution >= 0.6 is 0 Å². The van der Waals surface area contributed by atoms with E-state index in [0.717, 1.165) is 26.1 Å². The van der Waals surface area contributed by atoms with Gasteiger partial charge in [-0.25, -0.2) is 0 Å². The van der Waals surface area contributed by atoms with Gasteiger partial charge in [0.15, 0.2) is 0 Å². The molecule has 1 atom stereocenters. The van der Waals surface area contributed by atoms with Gasteiger partial charge in [-0.1, -0.05) is 25.1 Å². The van der Waals surface area contributed by atoms with Gasteiger partial charge < -0.3 is 15.3 Å². The first-order valence-electron chi connectivity index (χ1n) is 6.81. The van der Waals surface area contributed by atoms with Crippen molar-refractivity contribution >= 4 is 5.69 Å². The van der Waals surface area contributed by atoms with Gasteiger partial charge in [0.2, 0.25) is 0 Å². The molecule has 0 aliphatic rings. The number of benzene rings is 1. The third kappa shape index (κ3) is 4.31. The number of aliphatic hydroxyl groups is 1. The zero-order valence-electron chi connectivity index (χ0n) is 11.8. The molecule has 0 saturated heterocycles. The van der Waals surface area contributed by atoms with Crippen LogP contribution in [0.1, 0.15) is 27.2 Å². The van der Waals surface area contributed by atoms with E-state index >= 15 is 0 Å². The van der Waals surface area contributed by atoms with E-state index < -0.39 is 0 Å². The summed E-state index contributed by atoms with van der Waals surface area (Å²) in [5, 5.41) is 12.9. The van der Waals surface area contributed by atoms with E-state index in [0.29, 0.717) is 0 Å². The molecular weight excluding hydrogens is 224 g/mol. The molecule has 1 aromatic rings. The third-order valence-corrected chi connectivity index (χ3v) is 3.39. The number of hydrogen-bond acceptors (Lipinski definition) is 3. The molecule has 1 rings (SSSR count). The Labute approximate surface area is 111 Å². The first-order chi connectivity index (χ1) is 8.65. The second-order valence-corrected chi connectivity index (χ2v) is 4.91. The van der Waals surface area contributed by atoms with Gasteiger partial charge >= 0.3 is 0 Å². The van der Waals surface area contributed by atoms with Crippen LogP contribution < -0.4 is 10.2 Å². The van der Waals surface area contributed by atoms with Gasteiger partial charge in [-0.05, 0) is 38.9 Å². The van der Waals surface area contributed by atoms with Crippen LogP contribution in [0, 0.1) is 0 Å². The summed E-state index contributed by atoms with van der Waals surface area (Å²) < 4.78 is 0. The molecule has 0 aliphatic heterocycles. The molecule has 18 heavy (non-hydrogen) atoms. The summed E-state index contributed by atoms with van der Waals surface area (Å²) >= 11 is 0. The van der Waals surface area contributed by atoms with Gasteiger partial charge in [0, 0.05) is 24.3 Å². The number of hydrogen-bond donors (Lipinski definition) is 2. The Hall–Kier alpha value is -1.06. The molecule has 0 saturated carbocycles. The lowest BCUT2D eigenvalue weighted by atomic mass is 9.98. The molecule has 1 unspecified atom stereocenters. The van der Waals surface area contributed by atoms with E-state index in [-0.39, 0.29) is 12.1 Å². The Kier molecular flexibility index (Phi) is 6.16. The predicted octanol–water partition coefficient (Wildman–Crippen LogP) is 2.26. The molecule has 3 heteroatoms. The van der Waals surface area contributed by atoms with Crippen molar-refractivity contribution in [1.82, 2.24) is 5.32 Å². The monoisotopic (exact) mass is 250 g/mol. The average Bonchev–Trinajstić information content (AvgIpc) is 2.41. The van der Waals surface area contributed by atoms with Crippen LogP contribution in [0.4, 0.5) is 5.69 Å². The maximum Gasteiger partial charge on any atom is 0.0611 e. The van der Waals surface area contributed by atoms with Gasteiger partial charge in [0.1, 0.15) is 0 Å². The van der Waals surface area contributed by atoms with E-state index in [1.807, 2.05) is 6.07 Å². The van der Waals surface area contributed by atoms with Crippen molar-refractivity contribution < 1.29 is 5.11 Å². The number of likely N-dealkylation sites (N-methyl/N-ethyl adjacent to an activating group) is 1. The van der Waals surface area contributed by atoms with Crippen LogP contribution in [0.15, 0.2) is 30.3 Å². The first kappa shape index (κ1) is 15.0. The highest BCUT2D eigenvalue weighted by Crippen LogP contribution is 2.16. The summed E-state index contributed by atoms with van der Waals surface area (Å²) in [7, 11) is 0. The largest absolute Gasteiger partial charge is 0.394 e. The second-order valence-electron chi connectivity index (χ2n) is 4.91. The molecule has 0 heterocycles. The molecule has 102 valence electrons. The lowest BCUT2D eigenvalue weighted by molar-refractivity contribution is 0.169. The molecule has 0 radical (unpaired) electrons. The molecule has 2 N–H and O–H groups in total. The van der Waals surface area contributed by atoms with Crippen molar-refractivity contribution in [2.45, 2.75) is 32.7 Å². The van der Waals surface area contributed by atoms with Crippen molar-refractivity contribution in [1.29, 1.82) is 0 Å². The number of rotatable bonds is 8. The zero-order valence-corrected chi connectivity index (χ0v) is 11.8. The Bertz CT molecular complexity index is 329. The Morgan fingerprint density at radius 3 is 2.39 bits per heavy atom. The number of nitrogens with zero attached hydrogens (tertiary/aromatic N) is 1. The zero-order chi connectivity index (χ0) is 13.4. The summed E-state index contributed by atoms with van der Waals surface area (Å²) in [5.74, 6) is 0. The molecular formula is C15H26N2O. The van der Waals surface area contributed by atoms with Crippen molar-refractivity contribution in [2.75, 3.05) is 31.1 Å². The molecule has 0 fully saturated rings. The normalized spacial score (nSPS) is 14.2. The number of aliphatic hydroxyl groups excluding tert-OH is 1. The fourth-order valence-electron chi connectivity index (χ4n) is 2.14. The van der Waals surface area contributed by atoms with E-state index in [9.17, 15) is 5.11 Å². The number of nitrogens with one attached hydrogen (secondary N) is 1. The lowest BCUT2D eigenvalue weighted by Crippen LogP contribution is -2.48. The SMILES string of the molecule is CCNC(C)(CO)CCN(CC)c1ccccc1. The number of para-hydroxylation sites is 1. The van der Waals surface area contributed by atoms with Crippen LogP contribution in [0.5, 0.6) is 0 Å². The van der Waals surface area contributed by atoms with E-state index in [1.165, 1.54) is 5.69 Å². The maximum atomic E-state index is 9.49. The Morgan fingerprint density at radius 1 is 1.22 bits per heavy atom. The molecule has 0 aromatic heterocycles. The number of anilines is 1. The van der Waals surface area contributed by atoms with Crippen LogP contribution in [-0.2, 0) is 0 Å². The standard InChI is InChI=1S/C15H26N2O/c1-4-16-15(3,13-18)11-12-17(5-2)14-9-7-6-8-10-14/h6-10,16,18H,4-5,11-13H2,1-3H3. The lowest BCUT2D eigenvalue weighted by Gasteiger charge is -2.32. The van der Waals surface area contributed by atoms with E-state index in [1.54, 1.807) is 0 Å². The molecule has 1 aromatic carbocycles. The first-order valence-corrected chi connectivity index (χ1v) is 6.81. The minimum Gasteiger partial charge on any atom is -0.394 e. The Morgan fingerprint density at radius 2 is 1.89 bits per heavy atom. The van der Waals surface area contributed by atoms with Gasteiger partial charge in [-0.15, -0.1) is 0 Å². The van der Waals surface area contributed by atoms with Crippen LogP contribution in [0.3, 0.4) is 0 Å². The highest BCUT2D eigenvalue weighted by molar-refractivity contribution is 5.45. The highest BCUT2D eigenvalue weighted by Gasteiger charge is 2.22. The summed E-state index contributed by atoms with van der Waals surface area (Å²) in [6.45, 7) is 9.30. The fraction of sp³-hybridized carbons (Fsp3) is 0.600. The summed E-state index contributed by atoms with van der Waals surface area (Å²) in [5.41, 5.74) is 1.06. The minimum absolute atomic E-state index is 0.174. The average molecular weight is 250 g/mol. The van der Waals surface area contributed by atoms with Gasteiger partial charge in [0.05, 0.1) is 6.61 Å². The van der Waals surface area contributed by atoms with Crippen molar-refractivity contribution in [2.24, 2.45) is 0 Å². The molecule has 0 spiro atoms. The maximum absolute atomic E-state index is 9.49. The molecule has 3 nitrogen and oxygen atoms in total. The second kappa shape index (κ2) is 7.39. The fourth-order valence-corrected chi connectivity index (χ4v) is 2.14. The van der Waals surface area contributed by atoms with Crippen LogP contribution in [0.25, 0.3) is 0 Å². The van der Waals surface area contributed by atoms with Crippen molar-refractivity contribution in [3.63, 3.8) is 0 Å². The van der Waals surface area contributed by atoms with E-state index in [4.69, 9.17) is 0 Å². The minimum atomic E-state index is -0.184. The van der Waals surface area contributed by atoms with Crippen molar-refractivity contribution in [3.8, 4) is 0 Å². The van der Waals surface area contributed by atoms with Gasteiger partial charge in [-0.3, -0.25) is 0 Å². The molecule has 0 amide bonds. The van der Waals surface area contributed by atoms with Gasteiger partial charge in [-0.2, -0.15) is 0 Å². The van der Waals surface area contributed by atoms with Crippen LogP contribution in [-0.4, -0.2) is 36.9 Å². The third-order valence-electron chi connectivity index (χ3n) is 3.39. The van der Waals surface area contributed by atoms with E-state index in [2.05, 4.69) is 55.3 Å². The summed E-state index contributed by atoms with van der Waals surface area (Å²) in [6, 6.07) is 10.4. The van der Waals surface area contributed by atoms with Crippen molar-refractivity contribution in [3.05, 3.63) is 30.3 Å². The predicted molar refractivity (Wildman–Crippen MR) is 78.1 cm³/mol. The molecule has 0 aliphatic carbocycles. The van der Waals surface area contributed by atoms with Gasteiger partial charge in [0.25, 0.3) is 0 Å². The highest BCUT2D eigenvalue weighted by atomic mass is 16.3. The smallest absolute Gasteiger partial charge is 0.0611 e. The Balaban J connectivity index is 2.59. The van der Waals surface area contributed by atoms with Crippen LogP contribution in [0.2, 0.25) is 0 Å².